The molecule has 1 N–H and O–H groups in total. The molecule has 0 bridgehead atoms. The molecule has 0 aliphatic carbocycles. The SMILES string of the molecule is Cc1nc2sccn2c1C=C(CNC(C)(C)C)C(C)C. The quantitative estimate of drug-likeness (QED) is 0.917. The highest BCUT2D eigenvalue weighted by atomic mass is 32.1. The zero-order chi connectivity index (χ0) is 14.9. The van der Waals surface area contributed by atoms with Crippen molar-refractivity contribution in [3.05, 3.63) is 28.5 Å². The van der Waals surface area contributed by atoms with Crippen molar-refractivity contribution in [1.82, 2.24) is 14.7 Å². The van der Waals surface area contributed by atoms with Gasteiger partial charge in [0.05, 0.1) is 11.4 Å². The van der Waals surface area contributed by atoms with Crippen molar-refractivity contribution in [3.8, 4) is 0 Å². The minimum Gasteiger partial charge on any atom is -0.308 e. The summed E-state index contributed by atoms with van der Waals surface area (Å²) in [4.78, 5) is 5.68. The van der Waals surface area contributed by atoms with E-state index >= 15 is 0 Å². The molecule has 0 aliphatic heterocycles. The maximum Gasteiger partial charge on any atom is 0.194 e. The third-order valence-corrected chi connectivity index (χ3v) is 4.13. The van der Waals surface area contributed by atoms with Gasteiger partial charge in [0.1, 0.15) is 0 Å². The average Bonchev–Trinajstić information content (AvgIpc) is 2.84. The molecule has 4 heteroatoms. The molecule has 0 atom stereocenters. The van der Waals surface area contributed by atoms with Gasteiger partial charge in [-0.05, 0) is 39.7 Å². The second-order valence-electron chi connectivity index (χ2n) is 6.62. The fourth-order valence-corrected chi connectivity index (χ4v) is 2.82. The molecule has 110 valence electrons. The van der Waals surface area contributed by atoms with E-state index in [1.165, 1.54) is 11.3 Å². The second-order valence-corrected chi connectivity index (χ2v) is 7.49. The molecule has 0 radical (unpaired) electrons. The molecule has 0 saturated heterocycles. The van der Waals surface area contributed by atoms with Gasteiger partial charge < -0.3 is 5.32 Å². The smallest absolute Gasteiger partial charge is 0.194 e. The van der Waals surface area contributed by atoms with Crippen molar-refractivity contribution in [3.63, 3.8) is 0 Å². The minimum absolute atomic E-state index is 0.137. The van der Waals surface area contributed by atoms with Gasteiger partial charge in [0.2, 0.25) is 0 Å². The predicted octanol–water partition coefficient (Wildman–Crippen LogP) is 4.13. The Labute approximate surface area is 125 Å². The first-order valence-corrected chi connectivity index (χ1v) is 8.03. The highest BCUT2D eigenvalue weighted by Gasteiger charge is 2.13. The Morgan fingerprint density at radius 3 is 2.75 bits per heavy atom. The van der Waals surface area contributed by atoms with Gasteiger partial charge in [0.15, 0.2) is 4.96 Å². The molecule has 2 aromatic heterocycles. The summed E-state index contributed by atoms with van der Waals surface area (Å²) in [6.45, 7) is 14.1. The average molecular weight is 291 g/mol. The zero-order valence-electron chi connectivity index (χ0n) is 13.3. The number of hydrogen-bond acceptors (Lipinski definition) is 3. The zero-order valence-corrected chi connectivity index (χ0v) is 14.1. The van der Waals surface area contributed by atoms with Crippen LogP contribution in [0.1, 0.15) is 46.0 Å². The van der Waals surface area contributed by atoms with E-state index < -0.39 is 0 Å². The van der Waals surface area contributed by atoms with Gasteiger partial charge in [-0.2, -0.15) is 0 Å². The number of aromatic nitrogens is 2. The van der Waals surface area contributed by atoms with Gasteiger partial charge in [-0.1, -0.05) is 19.4 Å². The van der Waals surface area contributed by atoms with Crippen molar-refractivity contribution >= 4 is 22.4 Å². The predicted molar refractivity (Wildman–Crippen MR) is 88.4 cm³/mol. The van der Waals surface area contributed by atoms with Crippen LogP contribution in [-0.2, 0) is 0 Å². The summed E-state index contributed by atoms with van der Waals surface area (Å²) in [6, 6.07) is 0. The summed E-state index contributed by atoms with van der Waals surface area (Å²) in [5, 5.41) is 5.67. The number of hydrogen-bond donors (Lipinski definition) is 1. The van der Waals surface area contributed by atoms with Crippen molar-refractivity contribution in [1.29, 1.82) is 0 Å². The summed E-state index contributed by atoms with van der Waals surface area (Å²) in [5.74, 6) is 0.522. The Bertz CT molecular complexity index is 611. The summed E-state index contributed by atoms with van der Waals surface area (Å²) in [7, 11) is 0. The maximum atomic E-state index is 4.61. The summed E-state index contributed by atoms with van der Waals surface area (Å²) < 4.78 is 2.18. The first-order chi connectivity index (χ1) is 9.28. The number of aryl methyl sites for hydroxylation is 1. The molecular formula is C16H25N3S. The highest BCUT2D eigenvalue weighted by molar-refractivity contribution is 7.15. The number of nitrogens with zero attached hydrogens (tertiary/aromatic N) is 2. The van der Waals surface area contributed by atoms with Crippen LogP contribution >= 0.6 is 11.3 Å². The van der Waals surface area contributed by atoms with Crippen LogP contribution in [-0.4, -0.2) is 21.5 Å². The van der Waals surface area contributed by atoms with Crippen LogP contribution in [0.2, 0.25) is 0 Å². The first kappa shape index (κ1) is 15.3. The largest absolute Gasteiger partial charge is 0.308 e. The standard InChI is InChI=1S/C16H25N3S/c1-11(2)13(10-17-16(4,5)6)9-14-12(3)18-15-19(14)7-8-20-15/h7-9,11,17H,10H2,1-6H3. The summed E-state index contributed by atoms with van der Waals surface area (Å²) >= 11 is 1.68. The van der Waals surface area contributed by atoms with E-state index in [9.17, 15) is 0 Å². The van der Waals surface area contributed by atoms with Crippen LogP contribution in [0.3, 0.4) is 0 Å². The van der Waals surface area contributed by atoms with E-state index in [2.05, 4.69) is 73.9 Å². The topological polar surface area (TPSA) is 29.3 Å². The molecule has 0 spiro atoms. The first-order valence-electron chi connectivity index (χ1n) is 7.15. The molecule has 0 unspecified atom stereocenters. The lowest BCUT2D eigenvalue weighted by molar-refractivity contribution is 0.437. The van der Waals surface area contributed by atoms with Crippen molar-refractivity contribution in [2.24, 2.45) is 5.92 Å². The summed E-state index contributed by atoms with van der Waals surface area (Å²) in [5.41, 5.74) is 3.86. The van der Waals surface area contributed by atoms with Crippen LogP contribution in [0.4, 0.5) is 0 Å². The fraction of sp³-hybridized carbons (Fsp3) is 0.562. The third-order valence-electron chi connectivity index (χ3n) is 3.37. The van der Waals surface area contributed by atoms with E-state index in [-0.39, 0.29) is 5.54 Å². The number of rotatable bonds is 4. The molecule has 0 aliphatic rings. The van der Waals surface area contributed by atoms with E-state index in [0.29, 0.717) is 5.92 Å². The Morgan fingerprint density at radius 1 is 1.45 bits per heavy atom. The third kappa shape index (κ3) is 3.49. The van der Waals surface area contributed by atoms with Crippen molar-refractivity contribution in [2.75, 3.05) is 6.54 Å². The highest BCUT2D eigenvalue weighted by Crippen LogP contribution is 2.21. The second kappa shape index (κ2) is 5.70. The molecule has 2 heterocycles. The van der Waals surface area contributed by atoms with Crippen molar-refractivity contribution in [2.45, 2.75) is 47.1 Å². The van der Waals surface area contributed by atoms with Crippen LogP contribution in [0.25, 0.3) is 11.0 Å². The molecule has 0 aromatic carbocycles. The number of imidazole rings is 1. The van der Waals surface area contributed by atoms with Gasteiger partial charge in [0.25, 0.3) is 0 Å². The maximum absolute atomic E-state index is 4.61. The Morgan fingerprint density at radius 2 is 2.15 bits per heavy atom. The molecule has 0 amide bonds. The van der Waals surface area contributed by atoms with E-state index in [1.807, 2.05) is 0 Å². The monoisotopic (exact) mass is 291 g/mol. The lowest BCUT2D eigenvalue weighted by atomic mass is 10.00. The molecule has 2 aromatic rings. The number of fused-ring (bicyclic) bond motifs is 1. The molecule has 0 fully saturated rings. The van der Waals surface area contributed by atoms with Gasteiger partial charge in [-0.3, -0.25) is 4.40 Å². The number of nitrogens with one attached hydrogen (secondary N) is 1. The molecule has 20 heavy (non-hydrogen) atoms. The van der Waals surface area contributed by atoms with Gasteiger partial charge >= 0.3 is 0 Å². The molecule has 3 nitrogen and oxygen atoms in total. The minimum atomic E-state index is 0.137. The normalized spacial score (nSPS) is 13.7. The Kier molecular flexibility index (Phi) is 4.35. The van der Waals surface area contributed by atoms with E-state index in [1.54, 1.807) is 11.3 Å². The van der Waals surface area contributed by atoms with Crippen LogP contribution in [0, 0.1) is 12.8 Å². The lowest BCUT2D eigenvalue weighted by Gasteiger charge is -2.23. The summed E-state index contributed by atoms with van der Waals surface area (Å²) in [6.07, 6.45) is 4.40. The van der Waals surface area contributed by atoms with Gasteiger partial charge in [-0.25, -0.2) is 4.98 Å². The fourth-order valence-electron chi connectivity index (χ4n) is 2.05. The number of thiazole rings is 1. The van der Waals surface area contributed by atoms with Crippen LogP contribution < -0.4 is 5.32 Å². The molecule has 0 saturated carbocycles. The van der Waals surface area contributed by atoms with E-state index in [0.717, 1.165) is 17.2 Å². The van der Waals surface area contributed by atoms with Crippen molar-refractivity contribution < 1.29 is 0 Å². The molecule has 2 rings (SSSR count). The van der Waals surface area contributed by atoms with Crippen LogP contribution in [0.15, 0.2) is 17.2 Å². The Balaban J connectivity index is 2.33. The van der Waals surface area contributed by atoms with Gasteiger partial charge in [0, 0.05) is 23.7 Å². The molecular weight excluding hydrogens is 266 g/mol. The van der Waals surface area contributed by atoms with Gasteiger partial charge in [-0.15, -0.1) is 11.3 Å². The lowest BCUT2D eigenvalue weighted by Crippen LogP contribution is -2.37. The van der Waals surface area contributed by atoms with E-state index in [4.69, 9.17) is 0 Å². The van der Waals surface area contributed by atoms with Crippen LogP contribution in [0.5, 0.6) is 0 Å². The Hall–Kier alpha value is -1.13.